The number of rotatable bonds is 3. The Morgan fingerprint density at radius 1 is 0.302 bits per heavy atom. The van der Waals surface area contributed by atoms with Gasteiger partial charge in [-0.2, -0.15) is 0 Å². The Morgan fingerprint density at radius 2 is 0.830 bits per heavy atom. The van der Waals surface area contributed by atoms with Crippen LogP contribution in [0.4, 0.5) is 0 Å². The molecule has 0 saturated heterocycles. The minimum absolute atomic E-state index is 0.898. The Balaban J connectivity index is 1.11. The van der Waals surface area contributed by atoms with Crippen LogP contribution >= 0.6 is 0 Å². The molecule has 0 aliphatic carbocycles. The highest BCUT2D eigenvalue weighted by molar-refractivity contribution is 6.17. The van der Waals surface area contributed by atoms with Gasteiger partial charge in [-0.3, -0.25) is 0 Å². The molecule has 0 aliphatic heterocycles. The molecule has 12 rings (SSSR count). The van der Waals surface area contributed by atoms with Gasteiger partial charge in [0.25, 0.3) is 0 Å². The largest absolute Gasteiger partial charge is 0.456 e. The van der Waals surface area contributed by atoms with Crippen LogP contribution in [0.3, 0.4) is 0 Å². The van der Waals surface area contributed by atoms with Crippen LogP contribution in [0, 0.1) is 0 Å². The van der Waals surface area contributed by atoms with Crippen molar-refractivity contribution in [3.63, 3.8) is 0 Å². The lowest BCUT2D eigenvalue weighted by molar-refractivity contribution is 0.669. The van der Waals surface area contributed by atoms with Crippen LogP contribution in [0.5, 0.6) is 0 Å². The standard InChI is InChI=1S/C50H30N2O/c1-2-13-33-30-47-41(27-32(33)12-1)40-29-35(24-26-45(40)52(47)42-19-9-14-31-11-3-4-15-36(31)42)34-23-25-44-39(28-34)37-16-5-7-18-43(37)51(44)46-20-10-22-49-50(46)38-17-6-8-21-48(38)53-49/h1-30H. The zero-order valence-corrected chi connectivity index (χ0v) is 28.6. The molecule has 0 aliphatic rings. The predicted octanol–water partition coefficient (Wildman–Crippen LogP) is 13.8. The minimum atomic E-state index is 0.898. The Bertz CT molecular complexity index is 3460. The van der Waals surface area contributed by atoms with Gasteiger partial charge in [0.2, 0.25) is 0 Å². The summed E-state index contributed by atoms with van der Waals surface area (Å²) in [5.41, 5.74) is 11.3. The molecule has 53 heavy (non-hydrogen) atoms. The van der Waals surface area contributed by atoms with Gasteiger partial charge in [-0.15, -0.1) is 0 Å². The van der Waals surface area contributed by atoms with E-state index in [-0.39, 0.29) is 0 Å². The lowest BCUT2D eigenvalue weighted by Crippen LogP contribution is -1.95. The van der Waals surface area contributed by atoms with Crippen LogP contribution < -0.4 is 0 Å². The second-order valence-electron chi connectivity index (χ2n) is 14.1. The molecule has 3 heterocycles. The van der Waals surface area contributed by atoms with E-state index in [4.69, 9.17) is 4.42 Å². The van der Waals surface area contributed by atoms with E-state index in [1.807, 2.05) is 6.07 Å². The van der Waals surface area contributed by atoms with Crippen LogP contribution in [0.1, 0.15) is 0 Å². The van der Waals surface area contributed by atoms with Crippen molar-refractivity contribution < 1.29 is 4.42 Å². The van der Waals surface area contributed by atoms with Crippen LogP contribution in [0.2, 0.25) is 0 Å². The van der Waals surface area contributed by atoms with E-state index < -0.39 is 0 Å². The summed E-state index contributed by atoms with van der Waals surface area (Å²) in [6.45, 7) is 0. The van der Waals surface area contributed by atoms with Crippen molar-refractivity contribution in [3.05, 3.63) is 182 Å². The van der Waals surface area contributed by atoms with Crippen molar-refractivity contribution in [1.29, 1.82) is 0 Å². The zero-order chi connectivity index (χ0) is 34.6. The summed E-state index contributed by atoms with van der Waals surface area (Å²) in [5.74, 6) is 0. The second-order valence-corrected chi connectivity index (χ2v) is 14.1. The van der Waals surface area contributed by atoms with E-state index in [0.717, 1.165) is 27.6 Å². The van der Waals surface area contributed by atoms with Gasteiger partial charge in [-0.05, 0) is 94.0 Å². The number of hydrogen-bond acceptors (Lipinski definition) is 1. The molecular formula is C50H30N2O. The topological polar surface area (TPSA) is 23.0 Å². The summed E-state index contributed by atoms with van der Waals surface area (Å²) in [4.78, 5) is 0. The molecule has 0 unspecified atom stereocenters. The van der Waals surface area contributed by atoms with Crippen molar-refractivity contribution in [2.75, 3.05) is 0 Å². The van der Waals surface area contributed by atoms with Gasteiger partial charge in [-0.25, -0.2) is 0 Å². The highest BCUT2D eigenvalue weighted by atomic mass is 16.3. The highest BCUT2D eigenvalue weighted by Crippen LogP contribution is 2.42. The van der Waals surface area contributed by atoms with Gasteiger partial charge in [0, 0.05) is 32.3 Å². The van der Waals surface area contributed by atoms with E-state index in [0.29, 0.717) is 0 Å². The number of para-hydroxylation sites is 2. The zero-order valence-electron chi connectivity index (χ0n) is 28.6. The maximum atomic E-state index is 6.32. The maximum absolute atomic E-state index is 6.32. The molecule has 0 N–H and O–H groups in total. The van der Waals surface area contributed by atoms with Gasteiger partial charge >= 0.3 is 0 Å². The number of furan rings is 1. The third-order valence-electron chi connectivity index (χ3n) is 11.3. The molecule has 0 fully saturated rings. The third-order valence-corrected chi connectivity index (χ3v) is 11.3. The molecule has 0 saturated carbocycles. The van der Waals surface area contributed by atoms with Crippen molar-refractivity contribution in [2.24, 2.45) is 0 Å². The first kappa shape index (κ1) is 28.6. The predicted molar refractivity (Wildman–Crippen MR) is 223 cm³/mol. The van der Waals surface area contributed by atoms with Gasteiger partial charge in [0.1, 0.15) is 11.2 Å². The summed E-state index contributed by atoms with van der Waals surface area (Å²) in [7, 11) is 0. The molecule has 0 atom stereocenters. The lowest BCUT2D eigenvalue weighted by atomic mass is 10.00. The maximum Gasteiger partial charge on any atom is 0.137 e. The Labute approximate surface area is 304 Å². The molecule has 0 amide bonds. The summed E-state index contributed by atoms with van der Waals surface area (Å²) in [6.07, 6.45) is 0. The number of hydrogen-bond donors (Lipinski definition) is 0. The lowest BCUT2D eigenvalue weighted by Gasteiger charge is -2.12. The van der Waals surface area contributed by atoms with Crippen molar-refractivity contribution in [2.45, 2.75) is 0 Å². The monoisotopic (exact) mass is 674 g/mol. The first-order chi connectivity index (χ1) is 26.3. The number of aromatic nitrogens is 2. The number of fused-ring (bicyclic) bond motifs is 11. The summed E-state index contributed by atoms with van der Waals surface area (Å²) >= 11 is 0. The SMILES string of the molecule is c1ccc2cc3c(cc2c1)c1cc(-c2ccc4c(c2)c2ccccc2n4-c2cccc4oc5ccccc5c24)ccc1n3-c1cccc2ccccc12. The van der Waals surface area contributed by atoms with Crippen LogP contribution in [-0.2, 0) is 0 Å². The van der Waals surface area contributed by atoms with Gasteiger partial charge in [0.15, 0.2) is 0 Å². The second kappa shape index (κ2) is 10.7. The summed E-state index contributed by atoms with van der Waals surface area (Å²) < 4.78 is 11.2. The molecular weight excluding hydrogens is 645 g/mol. The van der Waals surface area contributed by atoms with E-state index >= 15 is 0 Å². The van der Waals surface area contributed by atoms with E-state index in [2.05, 4.69) is 185 Å². The first-order valence-electron chi connectivity index (χ1n) is 18.2. The quantitative estimate of drug-likeness (QED) is 0.183. The first-order valence-corrected chi connectivity index (χ1v) is 18.2. The molecule has 9 aromatic carbocycles. The van der Waals surface area contributed by atoms with E-state index in [9.17, 15) is 0 Å². The van der Waals surface area contributed by atoms with Crippen LogP contribution in [-0.4, -0.2) is 9.13 Å². The fourth-order valence-electron chi connectivity index (χ4n) is 8.90. The molecule has 0 radical (unpaired) electrons. The fourth-order valence-corrected chi connectivity index (χ4v) is 8.90. The molecule has 246 valence electrons. The van der Waals surface area contributed by atoms with E-state index in [1.165, 1.54) is 82.0 Å². The van der Waals surface area contributed by atoms with Gasteiger partial charge in [0.05, 0.1) is 38.8 Å². The normalized spacial score (nSPS) is 12.2. The molecule has 3 aromatic heterocycles. The summed E-state index contributed by atoms with van der Waals surface area (Å²) in [6, 6.07) is 66.2. The van der Waals surface area contributed by atoms with Crippen molar-refractivity contribution >= 4 is 87.1 Å². The van der Waals surface area contributed by atoms with Gasteiger partial charge < -0.3 is 13.6 Å². The van der Waals surface area contributed by atoms with Crippen LogP contribution in [0.25, 0.3) is 110 Å². The minimum Gasteiger partial charge on any atom is -0.456 e. The van der Waals surface area contributed by atoms with Crippen molar-refractivity contribution in [1.82, 2.24) is 9.13 Å². The average Bonchev–Trinajstić information content (AvgIpc) is 3.87. The Hall–Kier alpha value is -7.10. The Morgan fingerprint density at radius 3 is 1.64 bits per heavy atom. The Kier molecular flexibility index (Phi) is 5.77. The average molecular weight is 675 g/mol. The molecule has 12 aromatic rings. The van der Waals surface area contributed by atoms with Gasteiger partial charge in [-0.1, -0.05) is 115 Å². The van der Waals surface area contributed by atoms with Crippen molar-refractivity contribution in [3.8, 4) is 22.5 Å². The summed E-state index contributed by atoms with van der Waals surface area (Å²) in [5, 5.41) is 12.2. The molecule has 0 spiro atoms. The van der Waals surface area contributed by atoms with Crippen LogP contribution in [0.15, 0.2) is 186 Å². The molecule has 0 bridgehead atoms. The third kappa shape index (κ3) is 4.05. The number of nitrogens with zero attached hydrogens (tertiary/aromatic N) is 2. The fraction of sp³-hybridized carbons (Fsp3) is 0. The van der Waals surface area contributed by atoms with E-state index in [1.54, 1.807) is 0 Å². The molecule has 3 heteroatoms. The highest BCUT2D eigenvalue weighted by Gasteiger charge is 2.20. The smallest absolute Gasteiger partial charge is 0.137 e. The molecule has 3 nitrogen and oxygen atoms in total. The number of benzene rings is 9.